The Labute approximate surface area is 126 Å². The summed E-state index contributed by atoms with van der Waals surface area (Å²) in [5.41, 5.74) is 0.812. The number of benzene rings is 1. The van der Waals surface area contributed by atoms with Crippen LogP contribution in [0.3, 0.4) is 0 Å². The van der Waals surface area contributed by atoms with E-state index in [-0.39, 0.29) is 6.54 Å². The van der Waals surface area contributed by atoms with Gasteiger partial charge in [-0.05, 0) is 24.6 Å². The second-order valence-electron chi connectivity index (χ2n) is 4.43. The van der Waals surface area contributed by atoms with Gasteiger partial charge < -0.3 is 25.2 Å². The summed E-state index contributed by atoms with van der Waals surface area (Å²) in [4.78, 5) is 4.36. The number of nitrogens with one attached hydrogen (secondary N) is 2. The predicted molar refractivity (Wildman–Crippen MR) is 83.8 cm³/mol. The summed E-state index contributed by atoms with van der Waals surface area (Å²) in [6, 6.07) is 7.32. The van der Waals surface area contributed by atoms with Crippen LogP contribution in [0.2, 0.25) is 0 Å². The molecular formula is C15H25N3O3. The normalized spacial score (nSPS) is 12.9. The lowest BCUT2D eigenvalue weighted by Crippen LogP contribution is -2.39. The van der Waals surface area contributed by atoms with Crippen LogP contribution in [-0.2, 0) is 4.74 Å². The zero-order valence-electron chi connectivity index (χ0n) is 12.9. The van der Waals surface area contributed by atoms with E-state index < -0.39 is 6.10 Å². The lowest BCUT2D eigenvalue weighted by molar-refractivity contribution is 0.186. The molecule has 0 fully saturated rings. The van der Waals surface area contributed by atoms with Crippen LogP contribution in [-0.4, -0.2) is 51.5 Å². The third kappa shape index (κ3) is 6.46. The summed E-state index contributed by atoms with van der Waals surface area (Å²) in [7, 11) is 3.27. The highest BCUT2D eigenvalue weighted by Crippen LogP contribution is 2.17. The van der Waals surface area contributed by atoms with E-state index >= 15 is 0 Å². The number of aliphatic hydroxyl groups excluding tert-OH is 1. The lowest BCUT2D eigenvalue weighted by atomic mass is 10.1. The Balaban J connectivity index is 2.56. The van der Waals surface area contributed by atoms with E-state index in [0.717, 1.165) is 17.9 Å². The van der Waals surface area contributed by atoms with Gasteiger partial charge in [0.2, 0.25) is 0 Å². The quantitative estimate of drug-likeness (QED) is 0.378. The summed E-state index contributed by atoms with van der Waals surface area (Å²) >= 11 is 0. The number of aliphatic hydroxyl groups is 1. The molecule has 0 saturated carbocycles. The molecule has 3 N–H and O–H groups in total. The van der Waals surface area contributed by atoms with E-state index in [2.05, 4.69) is 15.6 Å². The topological polar surface area (TPSA) is 75.1 Å². The molecule has 6 heteroatoms. The molecule has 1 atom stereocenters. The van der Waals surface area contributed by atoms with Crippen LogP contribution in [0.1, 0.15) is 18.6 Å². The van der Waals surface area contributed by atoms with Crippen LogP contribution < -0.4 is 15.4 Å². The Morgan fingerprint density at radius 3 is 2.52 bits per heavy atom. The molecule has 1 unspecified atom stereocenters. The Kier molecular flexibility index (Phi) is 8.23. The van der Waals surface area contributed by atoms with Gasteiger partial charge >= 0.3 is 0 Å². The van der Waals surface area contributed by atoms with Gasteiger partial charge in [0.15, 0.2) is 5.96 Å². The Morgan fingerprint density at radius 1 is 1.24 bits per heavy atom. The van der Waals surface area contributed by atoms with Gasteiger partial charge in [-0.25, -0.2) is 0 Å². The van der Waals surface area contributed by atoms with Gasteiger partial charge in [-0.15, -0.1) is 0 Å². The molecule has 0 radical (unpaired) electrons. The van der Waals surface area contributed by atoms with Crippen molar-refractivity contribution in [2.45, 2.75) is 13.0 Å². The number of nitrogens with zero attached hydrogens (tertiary/aromatic N) is 1. The molecule has 1 aromatic carbocycles. The van der Waals surface area contributed by atoms with Crippen molar-refractivity contribution in [1.29, 1.82) is 0 Å². The van der Waals surface area contributed by atoms with Crippen molar-refractivity contribution in [2.24, 2.45) is 4.99 Å². The minimum atomic E-state index is -0.645. The first-order valence-electron chi connectivity index (χ1n) is 7.04. The number of ether oxygens (including phenoxy) is 2. The molecule has 1 rings (SSSR count). The molecule has 0 aliphatic heterocycles. The number of rotatable bonds is 8. The molecule has 0 aromatic heterocycles. The van der Waals surface area contributed by atoms with Crippen molar-refractivity contribution in [3.8, 4) is 5.75 Å². The van der Waals surface area contributed by atoms with Gasteiger partial charge in [0, 0.05) is 20.2 Å². The van der Waals surface area contributed by atoms with E-state index in [1.165, 1.54) is 0 Å². The van der Waals surface area contributed by atoms with Crippen molar-refractivity contribution in [3.05, 3.63) is 29.8 Å². The molecule has 118 valence electrons. The van der Waals surface area contributed by atoms with E-state index in [1.807, 2.05) is 31.2 Å². The Hall–Kier alpha value is -1.79. The fourth-order valence-corrected chi connectivity index (χ4v) is 1.72. The molecule has 0 amide bonds. The average Bonchev–Trinajstić information content (AvgIpc) is 2.52. The number of hydrogen-bond donors (Lipinski definition) is 3. The van der Waals surface area contributed by atoms with Gasteiger partial charge in [0.1, 0.15) is 5.75 Å². The van der Waals surface area contributed by atoms with Crippen molar-refractivity contribution >= 4 is 5.96 Å². The first-order valence-corrected chi connectivity index (χ1v) is 7.04. The number of methoxy groups -OCH3 is 2. The number of guanidine groups is 1. The van der Waals surface area contributed by atoms with Gasteiger partial charge in [-0.3, -0.25) is 4.99 Å². The first-order chi connectivity index (χ1) is 10.2. The fraction of sp³-hybridized carbons (Fsp3) is 0.533. The third-order valence-electron chi connectivity index (χ3n) is 2.87. The van der Waals surface area contributed by atoms with Crippen LogP contribution in [0.25, 0.3) is 0 Å². The summed E-state index contributed by atoms with van der Waals surface area (Å²) in [6.07, 6.45) is -0.645. The largest absolute Gasteiger partial charge is 0.497 e. The fourth-order valence-electron chi connectivity index (χ4n) is 1.72. The highest BCUT2D eigenvalue weighted by molar-refractivity contribution is 5.79. The second-order valence-corrected chi connectivity index (χ2v) is 4.43. The summed E-state index contributed by atoms with van der Waals surface area (Å²) < 4.78 is 10.1. The molecule has 6 nitrogen and oxygen atoms in total. The molecule has 0 spiro atoms. The molecule has 0 aliphatic rings. The number of hydrogen-bond acceptors (Lipinski definition) is 4. The minimum Gasteiger partial charge on any atom is -0.497 e. The zero-order valence-corrected chi connectivity index (χ0v) is 12.9. The van der Waals surface area contributed by atoms with Crippen LogP contribution in [0.5, 0.6) is 5.75 Å². The molecule has 21 heavy (non-hydrogen) atoms. The Morgan fingerprint density at radius 2 is 1.95 bits per heavy atom. The maximum absolute atomic E-state index is 10.1. The molecule has 0 bridgehead atoms. The monoisotopic (exact) mass is 295 g/mol. The van der Waals surface area contributed by atoms with Crippen molar-refractivity contribution in [1.82, 2.24) is 10.6 Å². The van der Waals surface area contributed by atoms with E-state index in [4.69, 9.17) is 9.47 Å². The molecular weight excluding hydrogens is 270 g/mol. The van der Waals surface area contributed by atoms with Crippen LogP contribution in [0.15, 0.2) is 29.3 Å². The number of aliphatic imine (C=N–C) groups is 1. The van der Waals surface area contributed by atoms with Crippen molar-refractivity contribution < 1.29 is 14.6 Å². The Bertz CT molecular complexity index is 421. The maximum atomic E-state index is 10.1. The molecule has 0 aliphatic carbocycles. The van der Waals surface area contributed by atoms with E-state index in [9.17, 15) is 5.11 Å². The second kappa shape index (κ2) is 10.0. The summed E-state index contributed by atoms with van der Waals surface area (Å²) in [6.45, 7) is 4.31. The summed E-state index contributed by atoms with van der Waals surface area (Å²) in [5.74, 6) is 1.44. The van der Waals surface area contributed by atoms with Gasteiger partial charge in [-0.2, -0.15) is 0 Å². The van der Waals surface area contributed by atoms with Crippen molar-refractivity contribution in [2.75, 3.05) is 40.5 Å². The smallest absolute Gasteiger partial charge is 0.191 e. The summed E-state index contributed by atoms with van der Waals surface area (Å²) in [5, 5.41) is 16.4. The molecule has 0 saturated heterocycles. The first kappa shape index (κ1) is 17.3. The van der Waals surface area contributed by atoms with Gasteiger partial charge in [0.05, 0.1) is 26.4 Å². The SMILES string of the molecule is CCNC(=NCC(O)c1ccc(OC)cc1)NCCOC. The van der Waals surface area contributed by atoms with Gasteiger partial charge in [-0.1, -0.05) is 12.1 Å². The van der Waals surface area contributed by atoms with Crippen LogP contribution >= 0.6 is 0 Å². The van der Waals surface area contributed by atoms with E-state index in [1.54, 1.807) is 14.2 Å². The van der Waals surface area contributed by atoms with Crippen LogP contribution in [0, 0.1) is 0 Å². The highest BCUT2D eigenvalue weighted by atomic mass is 16.5. The lowest BCUT2D eigenvalue weighted by Gasteiger charge is -2.13. The van der Waals surface area contributed by atoms with Crippen LogP contribution in [0.4, 0.5) is 0 Å². The van der Waals surface area contributed by atoms with E-state index in [0.29, 0.717) is 19.1 Å². The standard InChI is InChI=1S/C15H25N3O3/c1-4-16-15(17-9-10-20-2)18-11-14(19)12-5-7-13(21-3)8-6-12/h5-8,14,19H,4,9-11H2,1-3H3,(H2,16,17,18). The van der Waals surface area contributed by atoms with Gasteiger partial charge in [0.25, 0.3) is 0 Å². The predicted octanol–water partition coefficient (Wildman–Crippen LogP) is 0.930. The minimum absolute atomic E-state index is 0.286. The zero-order chi connectivity index (χ0) is 15.5. The third-order valence-corrected chi connectivity index (χ3v) is 2.87. The highest BCUT2D eigenvalue weighted by Gasteiger charge is 2.07. The van der Waals surface area contributed by atoms with Crippen molar-refractivity contribution in [3.63, 3.8) is 0 Å². The molecule has 0 heterocycles. The molecule has 1 aromatic rings. The maximum Gasteiger partial charge on any atom is 0.191 e. The average molecular weight is 295 g/mol.